The van der Waals surface area contributed by atoms with Crippen LogP contribution in [0.2, 0.25) is 0 Å². The van der Waals surface area contributed by atoms with E-state index in [1.807, 2.05) is 29.7 Å². The molecule has 2 aromatic rings. The van der Waals surface area contributed by atoms with Crippen LogP contribution in [0.25, 0.3) is 11.0 Å². The van der Waals surface area contributed by atoms with Crippen LogP contribution in [0.15, 0.2) is 29.4 Å². The van der Waals surface area contributed by atoms with Crippen molar-refractivity contribution in [2.45, 2.75) is 5.16 Å². The van der Waals surface area contributed by atoms with Crippen molar-refractivity contribution in [2.75, 3.05) is 5.08 Å². The van der Waals surface area contributed by atoms with E-state index in [1.165, 1.54) is 11.8 Å². The molecule has 5 heteroatoms. The Bertz CT molecular complexity index is 439. The van der Waals surface area contributed by atoms with Gasteiger partial charge in [-0.1, -0.05) is 23.9 Å². The zero-order chi connectivity index (χ0) is 9.80. The van der Waals surface area contributed by atoms with E-state index in [0.717, 1.165) is 16.2 Å². The lowest BCUT2D eigenvalue weighted by Gasteiger charge is -1.88. The van der Waals surface area contributed by atoms with Crippen LogP contribution in [-0.4, -0.2) is 15.1 Å². The number of nitriles is 1. The van der Waals surface area contributed by atoms with E-state index in [4.69, 9.17) is 5.26 Å². The fourth-order valence-corrected chi connectivity index (χ4v) is 2.35. The number of nitrogens with one attached hydrogen (secondary N) is 1. The molecule has 0 unspecified atom stereocenters. The number of nitrogens with zero attached hydrogens (tertiary/aromatic N) is 2. The van der Waals surface area contributed by atoms with Crippen LogP contribution < -0.4 is 0 Å². The molecule has 0 saturated heterocycles. The normalized spacial score (nSPS) is 10.2. The summed E-state index contributed by atoms with van der Waals surface area (Å²) in [6.45, 7) is 0. The summed E-state index contributed by atoms with van der Waals surface area (Å²) >= 11 is 2.77. The second-order valence-electron chi connectivity index (χ2n) is 2.56. The smallest absolute Gasteiger partial charge is 0.167 e. The summed E-state index contributed by atoms with van der Waals surface area (Å²) in [5, 5.41) is 12.0. The molecule has 1 heterocycles. The molecule has 0 aliphatic rings. The van der Waals surface area contributed by atoms with Crippen LogP contribution in [0.1, 0.15) is 0 Å². The second-order valence-corrected chi connectivity index (χ2v) is 4.65. The van der Waals surface area contributed by atoms with Gasteiger partial charge in [-0.3, -0.25) is 0 Å². The van der Waals surface area contributed by atoms with Crippen LogP contribution in [0.4, 0.5) is 0 Å². The van der Waals surface area contributed by atoms with E-state index in [0.29, 0.717) is 5.08 Å². The van der Waals surface area contributed by atoms with Gasteiger partial charge in [-0.25, -0.2) is 4.98 Å². The van der Waals surface area contributed by atoms with Gasteiger partial charge in [0.15, 0.2) is 5.16 Å². The van der Waals surface area contributed by atoms with Gasteiger partial charge in [0.05, 0.1) is 16.1 Å². The molecule has 70 valence electrons. The van der Waals surface area contributed by atoms with Crippen molar-refractivity contribution in [1.29, 1.82) is 5.26 Å². The number of H-pyrrole nitrogens is 1. The molecule has 0 saturated carbocycles. The molecule has 14 heavy (non-hydrogen) atoms. The summed E-state index contributed by atoms with van der Waals surface area (Å²) in [7, 11) is 0. The Hall–Kier alpha value is -1.12. The van der Waals surface area contributed by atoms with Gasteiger partial charge in [0.2, 0.25) is 0 Å². The third kappa shape index (κ3) is 2.03. The molecule has 3 nitrogen and oxygen atoms in total. The molecule has 0 spiro atoms. The first-order valence-electron chi connectivity index (χ1n) is 3.98. The predicted molar refractivity (Wildman–Crippen MR) is 60.0 cm³/mol. The lowest BCUT2D eigenvalue weighted by molar-refractivity contribution is 1.08. The summed E-state index contributed by atoms with van der Waals surface area (Å²) in [6, 6.07) is 7.89. The molecule has 0 aliphatic heterocycles. The molecule has 0 atom stereocenters. The summed E-state index contributed by atoms with van der Waals surface area (Å²) in [5.74, 6) is 0. The van der Waals surface area contributed by atoms with Crippen molar-refractivity contribution >= 4 is 34.6 Å². The molecule has 0 bridgehead atoms. The van der Waals surface area contributed by atoms with Crippen molar-refractivity contribution < 1.29 is 0 Å². The van der Waals surface area contributed by atoms with Crippen molar-refractivity contribution in [3.8, 4) is 5.40 Å². The topological polar surface area (TPSA) is 52.5 Å². The van der Waals surface area contributed by atoms with Crippen molar-refractivity contribution in [3.05, 3.63) is 24.3 Å². The number of aromatic amines is 1. The number of imidazole rings is 1. The van der Waals surface area contributed by atoms with E-state index >= 15 is 0 Å². The molecule has 0 fully saturated rings. The van der Waals surface area contributed by atoms with Crippen LogP contribution in [-0.2, 0) is 0 Å². The Labute approximate surface area is 89.9 Å². The van der Waals surface area contributed by atoms with Gasteiger partial charge in [0.1, 0.15) is 5.40 Å². The number of thioether (sulfide) groups is 2. The van der Waals surface area contributed by atoms with Gasteiger partial charge in [0.25, 0.3) is 0 Å². The standard InChI is InChI=1S/C9H7N3S2/c10-5-13-6-14-9-11-7-3-1-2-4-8(7)12-9/h1-4H,6H2,(H,11,12). The van der Waals surface area contributed by atoms with Crippen molar-refractivity contribution in [3.63, 3.8) is 0 Å². The molecule has 1 aromatic carbocycles. The van der Waals surface area contributed by atoms with Gasteiger partial charge < -0.3 is 4.98 Å². The third-order valence-corrected chi connectivity index (χ3v) is 3.23. The number of hydrogen-bond donors (Lipinski definition) is 1. The zero-order valence-electron chi connectivity index (χ0n) is 7.23. The fraction of sp³-hybridized carbons (Fsp3) is 0.111. The number of benzene rings is 1. The maximum Gasteiger partial charge on any atom is 0.167 e. The second kappa shape index (κ2) is 4.40. The number of aromatic nitrogens is 2. The highest BCUT2D eigenvalue weighted by Crippen LogP contribution is 2.21. The summed E-state index contributed by atoms with van der Waals surface area (Å²) in [5.41, 5.74) is 2.01. The number of para-hydroxylation sites is 2. The van der Waals surface area contributed by atoms with Gasteiger partial charge in [-0.05, 0) is 23.9 Å². The number of rotatable bonds is 3. The first-order valence-corrected chi connectivity index (χ1v) is 5.95. The Kier molecular flexibility index (Phi) is 2.96. The van der Waals surface area contributed by atoms with E-state index in [2.05, 4.69) is 9.97 Å². The van der Waals surface area contributed by atoms with Crippen molar-refractivity contribution in [1.82, 2.24) is 9.97 Å². The summed E-state index contributed by atoms with van der Waals surface area (Å²) in [6.07, 6.45) is 0. The van der Waals surface area contributed by atoms with Gasteiger partial charge >= 0.3 is 0 Å². The Morgan fingerprint density at radius 3 is 3.07 bits per heavy atom. The number of thiocyanates is 1. The minimum absolute atomic E-state index is 0.705. The van der Waals surface area contributed by atoms with Crippen LogP contribution in [0.3, 0.4) is 0 Å². The maximum absolute atomic E-state index is 8.35. The average Bonchev–Trinajstić information content (AvgIpc) is 2.60. The van der Waals surface area contributed by atoms with E-state index in [9.17, 15) is 0 Å². The fourth-order valence-electron chi connectivity index (χ4n) is 1.11. The molecule has 1 N–H and O–H groups in total. The molecule has 0 radical (unpaired) electrons. The average molecular weight is 221 g/mol. The largest absolute Gasteiger partial charge is 0.333 e. The first-order chi connectivity index (χ1) is 6.90. The minimum atomic E-state index is 0.705. The minimum Gasteiger partial charge on any atom is -0.333 e. The summed E-state index contributed by atoms with van der Waals surface area (Å²) < 4.78 is 0. The Morgan fingerprint density at radius 1 is 1.43 bits per heavy atom. The molecule has 1 aromatic heterocycles. The lowest BCUT2D eigenvalue weighted by atomic mass is 10.3. The quantitative estimate of drug-likeness (QED) is 0.375. The monoisotopic (exact) mass is 221 g/mol. The van der Waals surface area contributed by atoms with Crippen LogP contribution >= 0.6 is 23.5 Å². The third-order valence-electron chi connectivity index (χ3n) is 1.69. The Balaban J connectivity index is 2.15. The van der Waals surface area contributed by atoms with E-state index in [1.54, 1.807) is 11.8 Å². The summed E-state index contributed by atoms with van der Waals surface area (Å²) in [4.78, 5) is 7.55. The zero-order valence-corrected chi connectivity index (χ0v) is 8.86. The van der Waals surface area contributed by atoms with Crippen LogP contribution in [0.5, 0.6) is 0 Å². The van der Waals surface area contributed by atoms with E-state index < -0.39 is 0 Å². The van der Waals surface area contributed by atoms with Gasteiger partial charge in [0, 0.05) is 0 Å². The highest BCUT2D eigenvalue weighted by molar-refractivity contribution is 8.18. The Morgan fingerprint density at radius 2 is 2.29 bits per heavy atom. The SMILES string of the molecule is N#CSCSc1nc2ccccc2[nH]1. The lowest BCUT2D eigenvalue weighted by Crippen LogP contribution is -1.73. The molecule has 0 aliphatic carbocycles. The molecule has 2 rings (SSSR count). The van der Waals surface area contributed by atoms with Crippen LogP contribution in [0, 0.1) is 10.7 Å². The van der Waals surface area contributed by atoms with Gasteiger partial charge in [-0.15, -0.1) is 0 Å². The van der Waals surface area contributed by atoms with Gasteiger partial charge in [-0.2, -0.15) is 5.26 Å². The van der Waals surface area contributed by atoms with E-state index in [-0.39, 0.29) is 0 Å². The highest BCUT2D eigenvalue weighted by Gasteiger charge is 2.01. The number of fused-ring (bicyclic) bond motifs is 1. The first kappa shape index (κ1) is 9.44. The molecular formula is C9H7N3S2. The maximum atomic E-state index is 8.35. The van der Waals surface area contributed by atoms with Crippen molar-refractivity contribution in [2.24, 2.45) is 0 Å². The highest BCUT2D eigenvalue weighted by atomic mass is 32.2. The molecule has 0 amide bonds. The molecular weight excluding hydrogens is 214 g/mol. The predicted octanol–water partition coefficient (Wildman–Crippen LogP) is 2.83. The number of hydrogen-bond acceptors (Lipinski definition) is 4.